The highest BCUT2D eigenvalue weighted by molar-refractivity contribution is 7.48. The first-order valence-electron chi connectivity index (χ1n) is 23.7. The van der Waals surface area contributed by atoms with Gasteiger partial charge in [-0.25, -0.2) is 4.57 Å². The Balaban J connectivity index is 3.97. The molecular weight excluding hydrogens is 647 g/mol. The lowest BCUT2D eigenvalue weighted by molar-refractivity contribution is 0.108. The largest absolute Gasteiger partial charge is 0.474 e. The second-order valence-electron chi connectivity index (χ2n) is 16.0. The monoisotopic (exact) mass is 743 g/mol. The molecule has 0 aromatic heterocycles. The minimum atomic E-state index is -3.47. The Bertz CT molecular complexity index is 630. The summed E-state index contributed by atoms with van der Waals surface area (Å²) < 4.78 is 31.0. The van der Waals surface area contributed by atoms with Crippen LogP contribution in [0.15, 0.2) is 0 Å². The maximum absolute atomic E-state index is 13.5. The van der Waals surface area contributed by atoms with E-state index >= 15 is 0 Å². The molecule has 0 aromatic carbocycles. The van der Waals surface area contributed by atoms with Gasteiger partial charge in [0.05, 0.1) is 19.8 Å². The van der Waals surface area contributed by atoms with Crippen molar-refractivity contribution in [3.8, 4) is 0 Å². The van der Waals surface area contributed by atoms with E-state index in [1.165, 1.54) is 218 Å². The number of rotatable bonds is 46. The Morgan fingerprint density at radius 2 is 0.373 bits per heavy atom. The van der Waals surface area contributed by atoms with Gasteiger partial charge in [0.25, 0.3) is 0 Å². The second kappa shape index (κ2) is 44.5. The summed E-state index contributed by atoms with van der Waals surface area (Å²) in [5, 5.41) is 0. The van der Waals surface area contributed by atoms with Crippen LogP contribution >= 0.6 is 7.82 Å². The fourth-order valence-corrected chi connectivity index (χ4v) is 8.46. The molecule has 0 aliphatic heterocycles. The molecule has 0 heterocycles. The van der Waals surface area contributed by atoms with Crippen LogP contribution < -0.4 is 0 Å². The Labute approximate surface area is 322 Å². The van der Waals surface area contributed by atoms with Crippen molar-refractivity contribution in [3.05, 3.63) is 0 Å². The topological polar surface area (TPSA) is 44.8 Å². The summed E-state index contributed by atoms with van der Waals surface area (Å²) in [6, 6.07) is 0. The lowest BCUT2D eigenvalue weighted by atomic mass is 10.0. The number of phosphoric acid groups is 1. The SMILES string of the molecule is CCCCCCCCCCCCCCCCCCOP(=O)(OCCCCCCCCCC)OCCCCCCCCCCCCCCCCCC. The third kappa shape index (κ3) is 42.7. The van der Waals surface area contributed by atoms with Gasteiger partial charge in [-0.1, -0.05) is 258 Å². The molecule has 4 nitrogen and oxygen atoms in total. The normalized spacial score (nSPS) is 12.0. The van der Waals surface area contributed by atoms with Gasteiger partial charge in [0.2, 0.25) is 0 Å². The van der Waals surface area contributed by atoms with Crippen LogP contribution in [0.4, 0.5) is 0 Å². The van der Waals surface area contributed by atoms with Crippen molar-refractivity contribution < 1.29 is 18.1 Å². The molecule has 0 unspecified atom stereocenters. The van der Waals surface area contributed by atoms with Crippen molar-refractivity contribution in [2.45, 2.75) is 278 Å². The van der Waals surface area contributed by atoms with Crippen LogP contribution in [0.3, 0.4) is 0 Å². The molecule has 0 saturated heterocycles. The van der Waals surface area contributed by atoms with Gasteiger partial charge < -0.3 is 0 Å². The first-order chi connectivity index (χ1) is 25.2. The number of hydrogen-bond acceptors (Lipinski definition) is 4. The molecule has 51 heavy (non-hydrogen) atoms. The molecule has 0 N–H and O–H groups in total. The molecule has 0 aromatic rings. The van der Waals surface area contributed by atoms with Gasteiger partial charge in [-0.05, 0) is 19.3 Å². The first kappa shape index (κ1) is 51.1. The molecule has 0 radical (unpaired) electrons. The molecular formula is C46H95O4P. The van der Waals surface area contributed by atoms with E-state index < -0.39 is 7.82 Å². The smallest absolute Gasteiger partial charge is 0.287 e. The molecule has 0 aliphatic rings. The predicted octanol–water partition coefficient (Wildman–Crippen LogP) is 17.8. The van der Waals surface area contributed by atoms with E-state index in [1.807, 2.05) is 0 Å². The van der Waals surface area contributed by atoms with Crippen molar-refractivity contribution in [2.75, 3.05) is 19.8 Å². The van der Waals surface area contributed by atoms with Gasteiger partial charge in [0, 0.05) is 0 Å². The lowest BCUT2D eigenvalue weighted by Gasteiger charge is -2.18. The molecule has 0 aliphatic carbocycles. The van der Waals surface area contributed by atoms with E-state index in [0.717, 1.165) is 38.5 Å². The summed E-state index contributed by atoms with van der Waals surface area (Å²) in [6.07, 6.45) is 53.0. The highest BCUT2D eigenvalue weighted by Crippen LogP contribution is 2.50. The van der Waals surface area contributed by atoms with Crippen molar-refractivity contribution >= 4 is 7.82 Å². The molecule has 0 atom stereocenters. The Kier molecular flexibility index (Phi) is 44.6. The summed E-state index contributed by atoms with van der Waals surface area (Å²) in [5.74, 6) is 0. The molecule has 308 valence electrons. The standard InChI is InChI=1S/C46H95O4P/c1-4-7-10-13-16-19-21-23-25-27-29-31-33-36-39-42-45-49-51(47,48-44-41-38-35-18-15-12-9-6-3)50-46-43-40-37-34-32-30-28-26-24-22-20-17-14-11-8-5-2/h4-46H2,1-3H3. The third-order valence-electron chi connectivity index (χ3n) is 10.7. The lowest BCUT2D eigenvalue weighted by Crippen LogP contribution is -2.04. The summed E-state index contributed by atoms with van der Waals surface area (Å²) in [4.78, 5) is 0. The van der Waals surface area contributed by atoms with Crippen molar-refractivity contribution in [1.82, 2.24) is 0 Å². The second-order valence-corrected chi connectivity index (χ2v) is 17.7. The summed E-state index contributed by atoms with van der Waals surface area (Å²) >= 11 is 0. The summed E-state index contributed by atoms with van der Waals surface area (Å²) in [7, 11) is -3.47. The van der Waals surface area contributed by atoms with E-state index in [1.54, 1.807) is 0 Å². The molecule has 0 saturated carbocycles. The first-order valence-corrected chi connectivity index (χ1v) is 25.2. The van der Waals surface area contributed by atoms with E-state index in [-0.39, 0.29) is 0 Å². The predicted molar refractivity (Wildman–Crippen MR) is 227 cm³/mol. The average molecular weight is 743 g/mol. The minimum absolute atomic E-state index is 0.476. The van der Waals surface area contributed by atoms with E-state index in [4.69, 9.17) is 13.6 Å². The number of unbranched alkanes of at least 4 members (excludes halogenated alkanes) is 37. The Morgan fingerprint density at radius 1 is 0.235 bits per heavy atom. The third-order valence-corrected chi connectivity index (χ3v) is 12.2. The highest BCUT2D eigenvalue weighted by Gasteiger charge is 2.26. The molecule has 0 amide bonds. The maximum Gasteiger partial charge on any atom is 0.474 e. The average Bonchev–Trinajstić information content (AvgIpc) is 3.13. The molecule has 0 rings (SSSR count). The van der Waals surface area contributed by atoms with Crippen LogP contribution in [-0.4, -0.2) is 19.8 Å². The fourth-order valence-electron chi connectivity index (χ4n) is 7.18. The zero-order valence-corrected chi connectivity index (χ0v) is 36.4. The van der Waals surface area contributed by atoms with Gasteiger partial charge in [0.15, 0.2) is 0 Å². The summed E-state index contributed by atoms with van der Waals surface area (Å²) in [5.41, 5.74) is 0. The van der Waals surface area contributed by atoms with Gasteiger partial charge in [-0.15, -0.1) is 0 Å². The van der Waals surface area contributed by atoms with Gasteiger partial charge in [-0.2, -0.15) is 0 Å². The number of hydrogen-bond donors (Lipinski definition) is 0. The van der Waals surface area contributed by atoms with Crippen LogP contribution in [0.1, 0.15) is 278 Å². The maximum atomic E-state index is 13.5. The quantitative estimate of drug-likeness (QED) is 0.0460. The van der Waals surface area contributed by atoms with E-state index in [2.05, 4.69) is 20.8 Å². The van der Waals surface area contributed by atoms with Crippen molar-refractivity contribution in [3.63, 3.8) is 0 Å². The van der Waals surface area contributed by atoms with Gasteiger partial charge in [0.1, 0.15) is 0 Å². The Hall–Kier alpha value is 0.110. The van der Waals surface area contributed by atoms with Gasteiger partial charge >= 0.3 is 7.82 Å². The fraction of sp³-hybridized carbons (Fsp3) is 1.00. The highest BCUT2D eigenvalue weighted by atomic mass is 31.2. The van der Waals surface area contributed by atoms with Gasteiger partial charge in [-0.3, -0.25) is 13.6 Å². The number of phosphoric ester groups is 1. The van der Waals surface area contributed by atoms with Crippen molar-refractivity contribution in [1.29, 1.82) is 0 Å². The van der Waals surface area contributed by atoms with Crippen LogP contribution in [0.2, 0.25) is 0 Å². The van der Waals surface area contributed by atoms with E-state index in [9.17, 15) is 4.57 Å². The van der Waals surface area contributed by atoms with Crippen LogP contribution in [0, 0.1) is 0 Å². The van der Waals surface area contributed by atoms with Crippen molar-refractivity contribution in [2.24, 2.45) is 0 Å². The van der Waals surface area contributed by atoms with Crippen LogP contribution in [0.5, 0.6) is 0 Å². The molecule has 5 heteroatoms. The minimum Gasteiger partial charge on any atom is -0.287 e. The zero-order valence-electron chi connectivity index (χ0n) is 35.5. The zero-order chi connectivity index (χ0) is 37.0. The molecule has 0 spiro atoms. The van der Waals surface area contributed by atoms with Crippen LogP contribution in [0.25, 0.3) is 0 Å². The van der Waals surface area contributed by atoms with E-state index in [0.29, 0.717) is 19.8 Å². The summed E-state index contributed by atoms with van der Waals surface area (Å²) in [6.45, 7) is 8.28. The molecule has 0 bridgehead atoms. The molecule has 0 fully saturated rings. The van der Waals surface area contributed by atoms with Crippen LogP contribution in [-0.2, 0) is 18.1 Å². The Morgan fingerprint density at radius 3 is 0.529 bits per heavy atom.